The van der Waals surface area contributed by atoms with Gasteiger partial charge in [0, 0.05) is 37.6 Å². The third kappa shape index (κ3) is 3.76. The first-order valence-corrected chi connectivity index (χ1v) is 6.37. The van der Waals surface area contributed by atoms with Crippen molar-refractivity contribution in [3.05, 3.63) is 5.82 Å². The Kier molecular flexibility index (Phi) is 5.57. The molecule has 1 aromatic rings. The van der Waals surface area contributed by atoms with Crippen LogP contribution in [0, 0.1) is 0 Å². The quantitative estimate of drug-likeness (QED) is 0.719. The molecule has 15 heavy (non-hydrogen) atoms. The average Bonchev–Trinajstić information content (AvgIpc) is 2.73. The number of nitrogens with zero attached hydrogens (tertiary/aromatic N) is 3. The lowest BCUT2D eigenvalue weighted by atomic mass is 10.5. The highest BCUT2D eigenvalue weighted by Gasteiger charge is 2.09. The Hall–Kier alpha value is -0.680. The summed E-state index contributed by atoms with van der Waals surface area (Å²) in [5, 5.41) is 4.37. The molecule has 1 rings (SSSR count). The summed E-state index contributed by atoms with van der Waals surface area (Å²) in [4.78, 5) is 6.75. The Bertz CT molecular complexity index is 274. The van der Waals surface area contributed by atoms with Gasteiger partial charge in [-0.3, -0.25) is 0 Å². The van der Waals surface area contributed by atoms with Gasteiger partial charge in [0.15, 0.2) is 0 Å². The first-order chi connectivity index (χ1) is 7.31. The maximum atomic E-state index is 4.48. The van der Waals surface area contributed by atoms with Gasteiger partial charge in [0.1, 0.15) is 5.82 Å². The molecule has 0 spiro atoms. The maximum absolute atomic E-state index is 4.48. The summed E-state index contributed by atoms with van der Waals surface area (Å²) in [5.41, 5.74) is 0. The zero-order valence-corrected chi connectivity index (χ0v) is 10.6. The van der Waals surface area contributed by atoms with Crippen molar-refractivity contribution in [1.82, 2.24) is 14.7 Å². The van der Waals surface area contributed by atoms with E-state index in [0.717, 1.165) is 43.6 Å². The predicted octanol–water partition coefficient (Wildman–Crippen LogP) is 1.54. The van der Waals surface area contributed by atoms with E-state index >= 15 is 0 Å². The van der Waals surface area contributed by atoms with Crippen LogP contribution in [0.25, 0.3) is 0 Å². The van der Waals surface area contributed by atoms with Crippen LogP contribution in [0.2, 0.25) is 0 Å². The molecule has 0 radical (unpaired) electrons. The van der Waals surface area contributed by atoms with Crippen molar-refractivity contribution in [1.29, 1.82) is 0 Å². The molecule has 1 heterocycles. The minimum atomic E-state index is 0.918. The van der Waals surface area contributed by atoms with Gasteiger partial charge in [-0.25, -0.2) is 4.98 Å². The molecule has 86 valence electrons. The second-order valence-electron chi connectivity index (χ2n) is 3.28. The number of aromatic nitrogens is 2. The smallest absolute Gasteiger partial charge is 0.205 e. The summed E-state index contributed by atoms with van der Waals surface area (Å²) >= 11 is 1.50. The fourth-order valence-electron chi connectivity index (χ4n) is 1.30. The van der Waals surface area contributed by atoms with Gasteiger partial charge in [0.2, 0.25) is 5.13 Å². The van der Waals surface area contributed by atoms with Crippen molar-refractivity contribution in [2.24, 2.45) is 0 Å². The van der Waals surface area contributed by atoms with Crippen molar-refractivity contribution in [2.75, 3.05) is 31.1 Å². The van der Waals surface area contributed by atoms with Gasteiger partial charge in [-0.05, 0) is 13.5 Å². The van der Waals surface area contributed by atoms with E-state index in [1.807, 2.05) is 0 Å². The van der Waals surface area contributed by atoms with E-state index in [4.69, 9.17) is 0 Å². The molecule has 0 amide bonds. The molecule has 1 aromatic heterocycles. The molecule has 1 N–H and O–H groups in total. The van der Waals surface area contributed by atoms with Crippen LogP contribution in [-0.4, -0.2) is 35.5 Å². The van der Waals surface area contributed by atoms with Crippen LogP contribution in [-0.2, 0) is 6.42 Å². The molecule has 0 aliphatic rings. The summed E-state index contributed by atoms with van der Waals surface area (Å²) in [5.74, 6) is 0.955. The Morgan fingerprint density at radius 2 is 2.13 bits per heavy atom. The highest BCUT2D eigenvalue weighted by Crippen LogP contribution is 2.16. The average molecular weight is 228 g/mol. The van der Waals surface area contributed by atoms with E-state index in [-0.39, 0.29) is 0 Å². The second kappa shape index (κ2) is 6.74. The topological polar surface area (TPSA) is 41.0 Å². The van der Waals surface area contributed by atoms with E-state index < -0.39 is 0 Å². The summed E-state index contributed by atoms with van der Waals surface area (Å²) < 4.78 is 4.30. The van der Waals surface area contributed by atoms with Crippen molar-refractivity contribution in [2.45, 2.75) is 27.2 Å². The lowest BCUT2D eigenvalue weighted by molar-refractivity contribution is 0.686. The van der Waals surface area contributed by atoms with E-state index in [0.29, 0.717) is 0 Å². The first kappa shape index (κ1) is 12.4. The third-order valence-corrected chi connectivity index (χ3v) is 3.05. The number of anilines is 1. The molecular formula is C10H20N4S. The number of likely N-dealkylation sites (N-methyl/N-ethyl adjacent to an activating group) is 2. The second-order valence-corrected chi connectivity index (χ2v) is 4.01. The monoisotopic (exact) mass is 228 g/mol. The van der Waals surface area contributed by atoms with Crippen LogP contribution in [0.15, 0.2) is 0 Å². The number of aryl methyl sites for hydroxylation is 1. The Balaban J connectivity index is 2.49. The Morgan fingerprint density at radius 1 is 1.33 bits per heavy atom. The SMILES string of the molecule is CCNCCN(CC)c1nc(CC)ns1. The van der Waals surface area contributed by atoms with Crippen molar-refractivity contribution in [3.8, 4) is 0 Å². The van der Waals surface area contributed by atoms with Crippen molar-refractivity contribution >= 4 is 16.7 Å². The van der Waals surface area contributed by atoms with Crippen LogP contribution in [0.3, 0.4) is 0 Å². The van der Waals surface area contributed by atoms with Crippen molar-refractivity contribution in [3.63, 3.8) is 0 Å². The molecule has 0 atom stereocenters. The van der Waals surface area contributed by atoms with Gasteiger partial charge in [-0.15, -0.1) is 0 Å². The summed E-state index contributed by atoms with van der Waals surface area (Å²) in [7, 11) is 0. The molecule has 5 heteroatoms. The highest BCUT2D eigenvalue weighted by atomic mass is 32.1. The van der Waals surface area contributed by atoms with Gasteiger partial charge < -0.3 is 10.2 Å². The number of nitrogens with one attached hydrogen (secondary N) is 1. The molecule has 0 saturated carbocycles. The molecule has 0 fully saturated rings. The minimum absolute atomic E-state index is 0.918. The standard InChI is InChI=1S/C10H20N4S/c1-4-9-12-10(15-13-9)14(6-3)8-7-11-5-2/h11H,4-8H2,1-3H3. The van der Waals surface area contributed by atoms with E-state index in [1.165, 1.54) is 11.5 Å². The first-order valence-electron chi connectivity index (χ1n) is 5.60. The van der Waals surface area contributed by atoms with Crippen LogP contribution in [0.4, 0.5) is 5.13 Å². The van der Waals surface area contributed by atoms with Crippen LogP contribution in [0.1, 0.15) is 26.6 Å². The van der Waals surface area contributed by atoms with Gasteiger partial charge >= 0.3 is 0 Å². The van der Waals surface area contributed by atoms with Gasteiger partial charge in [-0.1, -0.05) is 13.8 Å². The van der Waals surface area contributed by atoms with Gasteiger partial charge in [0.05, 0.1) is 0 Å². The molecule has 0 aromatic carbocycles. The summed E-state index contributed by atoms with van der Waals surface area (Å²) in [6.45, 7) is 10.4. The number of rotatable bonds is 7. The highest BCUT2D eigenvalue weighted by molar-refractivity contribution is 7.09. The maximum Gasteiger partial charge on any atom is 0.205 e. The third-order valence-electron chi connectivity index (χ3n) is 2.23. The molecule has 0 bridgehead atoms. The fourth-order valence-corrected chi connectivity index (χ4v) is 2.14. The molecule has 4 nitrogen and oxygen atoms in total. The van der Waals surface area contributed by atoms with Gasteiger partial charge in [0.25, 0.3) is 0 Å². The van der Waals surface area contributed by atoms with Gasteiger partial charge in [-0.2, -0.15) is 4.37 Å². The Labute approximate surface area is 95.9 Å². The molecule has 0 aliphatic carbocycles. The van der Waals surface area contributed by atoms with Crippen molar-refractivity contribution < 1.29 is 0 Å². The van der Waals surface area contributed by atoms with Crippen LogP contribution >= 0.6 is 11.5 Å². The fraction of sp³-hybridized carbons (Fsp3) is 0.800. The number of hydrogen-bond donors (Lipinski definition) is 1. The molecule has 0 saturated heterocycles. The Morgan fingerprint density at radius 3 is 2.67 bits per heavy atom. The van der Waals surface area contributed by atoms with E-state index in [1.54, 1.807) is 0 Å². The minimum Gasteiger partial charge on any atom is -0.346 e. The molecule has 0 unspecified atom stereocenters. The van der Waals surface area contributed by atoms with E-state index in [2.05, 4.69) is 40.3 Å². The lowest BCUT2D eigenvalue weighted by Gasteiger charge is -2.18. The predicted molar refractivity (Wildman–Crippen MR) is 65.7 cm³/mol. The molecule has 0 aliphatic heterocycles. The molecular weight excluding hydrogens is 208 g/mol. The zero-order valence-electron chi connectivity index (χ0n) is 9.79. The van der Waals surface area contributed by atoms with E-state index in [9.17, 15) is 0 Å². The number of hydrogen-bond acceptors (Lipinski definition) is 5. The largest absolute Gasteiger partial charge is 0.346 e. The summed E-state index contributed by atoms with van der Waals surface area (Å²) in [6, 6.07) is 0. The zero-order chi connectivity index (χ0) is 11.1. The normalized spacial score (nSPS) is 10.6. The van der Waals surface area contributed by atoms with Crippen LogP contribution < -0.4 is 10.2 Å². The van der Waals surface area contributed by atoms with Crippen LogP contribution in [0.5, 0.6) is 0 Å². The summed E-state index contributed by atoms with van der Waals surface area (Å²) in [6.07, 6.45) is 0.918. The lowest BCUT2D eigenvalue weighted by Crippen LogP contribution is -2.31.